The average molecular weight is 250 g/mol. The zero-order valence-corrected chi connectivity index (χ0v) is 11.4. The van der Waals surface area contributed by atoms with Crippen molar-refractivity contribution < 1.29 is 4.74 Å². The van der Waals surface area contributed by atoms with Crippen LogP contribution in [-0.4, -0.2) is 42.5 Å². The Balaban J connectivity index is 1.91. The number of anilines is 1. The van der Waals surface area contributed by atoms with E-state index in [1.54, 1.807) is 7.11 Å². The molecule has 100 valence electrons. The highest BCUT2D eigenvalue weighted by Gasteiger charge is 2.23. The summed E-state index contributed by atoms with van der Waals surface area (Å²) in [5.74, 6) is 0.947. The number of ether oxygens (including phenoxy) is 1. The van der Waals surface area contributed by atoms with E-state index in [1.165, 1.54) is 0 Å². The van der Waals surface area contributed by atoms with Crippen molar-refractivity contribution in [1.82, 2.24) is 15.5 Å². The number of hydrogen-bond acceptors (Lipinski definition) is 5. The maximum atomic E-state index is 5.35. The number of methoxy groups -OCH3 is 1. The van der Waals surface area contributed by atoms with E-state index in [4.69, 9.17) is 4.74 Å². The van der Waals surface area contributed by atoms with Crippen LogP contribution >= 0.6 is 0 Å². The van der Waals surface area contributed by atoms with Gasteiger partial charge in [0.2, 0.25) is 0 Å². The third-order valence-corrected chi connectivity index (χ3v) is 3.20. The predicted molar refractivity (Wildman–Crippen MR) is 71.6 cm³/mol. The lowest BCUT2D eigenvalue weighted by molar-refractivity contribution is 0.121. The molecule has 0 bridgehead atoms. The lowest BCUT2D eigenvalue weighted by Crippen LogP contribution is -2.25. The molecule has 2 heterocycles. The summed E-state index contributed by atoms with van der Waals surface area (Å²) < 4.78 is 5.35. The van der Waals surface area contributed by atoms with Crippen molar-refractivity contribution >= 4 is 5.82 Å². The van der Waals surface area contributed by atoms with Gasteiger partial charge in [-0.2, -0.15) is 5.10 Å². The third kappa shape index (κ3) is 3.40. The van der Waals surface area contributed by atoms with Gasteiger partial charge in [-0.3, -0.25) is 0 Å². The monoisotopic (exact) mass is 250 g/mol. The molecule has 18 heavy (non-hydrogen) atoms. The van der Waals surface area contributed by atoms with Crippen molar-refractivity contribution in [3.05, 3.63) is 17.8 Å². The molecule has 1 aliphatic heterocycles. The highest BCUT2D eigenvalue weighted by Crippen LogP contribution is 2.18. The smallest absolute Gasteiger partial charge is 0.151 e. The average Bonchev–Trinajstić information content (AvgIpc) is 2.85. The first-order valence-corrected chi connectivity index (χ1v) is 6.52. The fraction of sp³-hybridized carbons (Fsp3) is 0.692. The van der Waals surface area contributed by atoms with Crippen LogP contribution in [0.1, 0.15) is 26.0 Å². The van der Waals surface area contributed by atoms with E-state index in [-0.39, 0.29) is 0 Å². The molecule has 5 heteroatoms. The van der Waals surface area contributed by atoms with Crippen LogP contribution in [0.3, 0.4) is 0 Å². The first-order chi connectivity index (χ1) is 8.69. The van der Waals surface area contributed by atoms with Gasteiger partial charge in [-0.05, 0) is 18.6 Å². The summed E-state index contributed by atoms with van der Waals surface area (Å²) in [5, 5.41) is 11.9. The van der Waals surface area contributed by atoms with Crippen molar-refractivity contribution in [3.63, 3.8) is 0 Å². The van der Waals surface area contributed by atoms with Crippen LogP contribution in [0.2, 0.25) is 0 Å². The zero-order chi connectivity index (χ0) is 13.0. The third-order valence-electron chi connectivity index (χ3n) is 3.20. The van der Waals surface area contributed by atoms with Crippen LogP contribution in [0.15, 0.2) is 12.1 Å². The van der Waals surface area contributed by atoms with Gasteiger partial charge in [0.05, 0.1) is 11.8 Å². The summed E-state index contributed by atoms with van der Waals surface area (Å²) in [4.78, 5) is 2.22. The standard InChI is InChI=1S/C13H22N4O/c1-10(2)14-8-11-4-5-13(16-15-11)17-7-6-12(9-17)18-3/h4-5,10,12,14H,6-9H2,1-3H3. The van der Waals surface area contributed by atoms with Crippen molar-refractivity contribution in [2.24, 2.45) is 0 Å². The largest absolute Gasteiger partial charge is 0.380 e. The van der Waals surface area contributed by atoms with E-state index in [1.807, 2.05) is 12.1 Å². The molecule has 0 aromatic carbocycles. The maximum Gasteiger partial charge on any atom is 0.151 e. The lowest BCUT2D eigenvalue weighted by atomic mass is 10.3. The molecule has 0 aliphatic carbocycles. The first-order valence-electron chi connectivity index (χ1n) is 6.52. The van der Waals surface area contributed by atoms with Gasteiger partial charge in [-0.15, -0.1) is 5.10 Å². The van der Waals surface area contributed by atoms with Crippen molar-refractivity contribution in [2.45, 2.75) is 39.0 Å². The van der Waals surface area contributed by atoms with Crippen molar-refractivity contribution in [1.29, 1.82) is 0 Å². The van der Waals surface area contributed by atoms with Gasteiger partial charge in [0.25, 0.3) is 0 Å². The summed E-state index contributed by atoms with van der Waals surface area (Å²) in [7, 11) is 1.76. The lowest BCUT2D eigenvalue weighted by Gasteiger charge is -2.16. The fourth-order valence-electron chi connectivity index (χ4n) is 2.05. The Bertz CT molecular complexity index is 366. The molecule has 5 nitrogen and oxygen atoms in total. The van der Waals surface area contributed by atoms with E-state index < -0.39 is 0 Å². The SMILES string of the molecule is COC1CCN(c2ccc(CNC(C)C)nn2)C1. The molecule has 0 radical (unpaired) electrons. The normalized spacial score (nSPS) is 19.8. The van der Waals surface area contributed by atoms with Crippen LogP contribution in [0.5, 0.6) is 0 Å². The van der Waals surface area contributed by atoms with Crippen LogP contribution in [0.25, 0.3) is 0 Å². The Labute approximate surface area is 109 Å². The highest BCUT2D eigenvalue weighted by molar-refractivity contribution is 5.38. The van der Waals surface area contributed by atoms with Gasteiger partial charge in [0.1, 0.15) is 0 Å². The Hall–Kier alpha value is -1.20. The number of nitrogens with one attached hydrogen (secondary N) is 1. The van der Waals surface area contributed by atoms with Gasteiger partial charge >= 0.3 is 0 Å². The van der Waals surface area contributed by atoms with Gasteiger partial charge in [0.15, 0.2) is 5.82 Å². The number of hydrogen-bond donors (Lipinski definition) is 1. The van der Waals surface area contributed by atoms with Gasteiger partial charge in [-0.1, -0.05) is 13.8 Å². The first kappa shape index (κ1) is 13.2. The Morgan fingerprint density at radius 1 is 1.44 bits per heavy atom. The molecule has 1 aliphatic rings. The number of aromatic nitrogens is 2. The van der Waals surface area contributed by atoms with E-state index in [9.17, 15) is 0 Å². The summed E-state index contributed by atoms with van der Waals surface area (Å²) in [6, 6.07) is 4.55. The summed E-state index contributed by atoms with van der Waals surface area (Å²) in [5.41, 5.74) is 0.981. The van der Waals surface area contributed by atoms with Crippen LogP contribution in [0, 0.1) is 0 Å². The Morgan fingerprint density at radius 2 is 2.28 bits per heavy atom. The quantitative estimate of drug-likeness (QED) is 0.851. The molecule has 0 saturated carbocycles. The summed E-state index contributed by atoms with van der Waals surface area (Å²) in [6.45, 7) is 6.92. The van der Waals surface area contributed by atoms with Crippen LogP contribution in [0.4, 0.5) is 5.82 Å². The van der Waals surface area contributed by atoms with E-state index in [0.717, 1.165) is 37.6 Å². The molecule has 1 atom stereocenters. The van der Waals surface area contributed by atoms with E-state index in [0.29, 0.717) is 12.1 Å². The molecule has 0 spiro atoms. The molecule has 1 aromatic heterocycles. The molecule has 1 fully saturated rings. The summed E-state index contributed by atoms with van der Waals surface area (Å²) >= 11 is 0. The van der Waals surface area contributed by atoms with Crippen LogP contribution in [-0.2, 0) is 11.3 Å². The molecule has 1 N–H and O–H groups in total. The molecule has 1 aromatic rings. The minimum atomic E-state index is 0.328. The second-order valence-electron chi connectivity index (χ2n) is 5.01. The number of rotatable bonds is 5. The minimum Gasteiger partial charge on any atom is -0.380 e. The number of nitrogens with zero attached hydrogens (tertiary/aromatic N) is 3. The maximum absolute atomic E-state index is 5.35. The molecular formula is C13H22N4O. The molecule has 1 saturated heterocycles. The zero-order valence-electron chi connectivity index (χ0n) is 11.4. The van der Waals surface area contributed by atoms with E-state index >= 15 is 0 Å². The predicted octanol–water partition coefficient (Wildman–Crippen LogP) is 1.20. The van der Waals surface area contributed by atoms with Crippen molar-refractivity contribution in [2.75, 3.05) is 25.1 Å². The Morgan fingerprint density at radius 3 is 2.83 bits per heavy atom. The van der Waals surface area contributed by atoms with Gasteiger partial charge < -0.3 is 15.0 Å². The molecule has 0 amide bonds. The van der Waals surface area contributed by atoms with E-state index in [2.05, 4.69) is 34.3 Å². The molecule has 2 rings (SSSR count). The molecular weight excluding hydrogens is 228 g/mol. The second-order valence-corrected chi connectivity index (χ2v) is 5.01. The summed E-state index contributed by atoms with van der Waals surface area (Å²) in [6.07, 6.45) is 1.39. The Kier molecular flexibility index (Phi) is 4.49. The van der Waals surface area contributed by atoms with Crippen LogP contribution < -0.4 is 10.2 Å². The fourth-order valence-corrected chi connectivity index (χ4v) is 2.05. The second kappa shape index (κ2) is 6.11. The van der Waals surface area contributed by atoms with Gasteiger partial charge in [0, 0.05) is 32.8 Å². The highest BCUT2D eigenvalue weighted by atomic mass is 16.5. The van der Waals surface area contributed by atoms with Crippen molar-refractivity contribution in [3.8, 4) is 0 Å². The minimum absolute atomic E-state index is 0.328. The molecule has 1 unspecified atom stereocenters. The topological polar surface area (TPSA) is 50.3 Å². The van der Waals surface area contributed by atoms with Gasteiger partial charge in [-0.25, -0.2) is 0 Å².